The number of nitrogens with one attached hydrogen (secondary N) is 3. The number of piperidine rings is 1. The van der Waals surface area contributed by atoms with Gasteiger partial charge in [-0.3, -0.25) is 10.00 Å². The molecule has 3 N–H and O–H groups in total. The van der Waals surface area contributed by atoms with E-state index in [0.29, 0.717) is 23.8 Å². The Hall–Kier alpha value is -4.44. The molecule has 1 amide bonds. The second-order valence-electron chi connectivity index (χ2n) is 11.5. The van der Waals surface area contributed by atoms with E-state index < -0.39 is 6.09 Å². The summed E-state index contributed by atoms with van der Waals surface area (Å²) in [5.74, 6) is 1.63. The molecule has 0 radical (unpaired) electrons. The van der Waals surface area contributed by atoms with Crippen molar-refractivity contribution in [2.24, 2.45) is 7.05 Å². The molecule has 6 rings (SSSR count). The van der Waals surface area contributed by atoms with Gasteiger partial charge in [0.25, 0.3) is 0 Å². The van der Waals surface area contributed by atoms with Crippen molar-refractivity contribution >= 4 is 23.3 Å². The molecule has 10 nitrogen and oxygen atoms in total. The third-order valence-corrected chi connectivity index (χ3v) is 8.45. The molecule has 2 fully saturated rings. The van der Waals surface area contributed by atoms with Crippen LogP contribution in [0.5, 0.6) is 0 Å². The number of aromatic nitrogens is 4. The second-order valence-corrected chi connectivity index (χ2v) is 11.5. The van der Waals surface area contributed by atoms with Crippen LogP contribution < -0.4 is 20.9 Å². The number of benzene rings is 2. The first-order chi connectivity index (χ1) is 21.0. The Morgan fingerprint density at radius 2 is 1.72 bits per heavy atom. The third kappa shape index (κ3) is 7.14. The Morgan fingerprint density at radius 3 is 2.51 bits per heavy atom. The maximum atomic E-state index is 11.7. The standard InChI is InChI=1S/C33H40N8O2/c1-40-22-35-32(39-40)23-12-14-28(15-13-23)41-18-6-9-27(21-41)36-29-10-3-4-11-30(29)38-31-20-25(16-17-34-31)24-7-5-8-26(19-24)37-33(42)43-2/h5,7-8,12-17,19-20,22,27,29-30,36H,3-4,6,9-11,18,21H2,1-2H3,(H,34,38)(H,37,42)/t27-,29+,30+/m0/s1. The molecule has 4 aromatic rings. The molecule has 3 heterocycles. The zero-order chi connectivity index (χ0) is 29.6. The number of hydrogen-bond donors (Lipinski definition) is 3. The fourth-order valence-electron chi connectivity index (χ4n) is 6.27. The lowest BCUT2D eigenvalue weighted by atomic mass is 9.89. The Morgan fingerprint density at radius 1 is 0.907 bits per heavy atom. The summed E-state index contributed by atoms with van der Waals surface area (Å²) >= 11 is 0. The maximum Gasteiger partial charge on any atom is 0.411 e. The average Bonchev–Trinajstić information content (AvgIpc) is 3.48. The lowest BCUT2D eigenvalue weighted by Gasteiger charge is -2.40. The van der Waals surface area contributed by atoms with Crippen molar-refractivity contribution in [3.05, 3.63) is 73.2 Å². The molecule has 1 saturated carbocycles. The molecule has 224 valence electrons. The number of nitrogens with zero attached hydrogens (tertiary/aromatic N) is 5. The van der Waals surface area contributed by atoms with E-state index in [1.807, 2.05) is 43.6 Å². The Kier molecular flexibility index (Phi) is 8.83. The second kappa shape index (κ2) is 13.2. The van der Waals surface area contributed by atoms with Gasteiger partial charge in [-0.25, -0.2) is 14.8 Å². The van der Waals surface area contributed by atoms with Crippen LogP contribution in [0.1, 0.15) is 38.5 Å². The van der Waals surface area contributed by atoms with Crippen LogP contribution in [-0.4, -0.2) is 64.2 Å². The number of aryl methyl sites for hydroxylation is 1. The van der Waals surface area contributed by atoms with Crippen molar-refractivity contribution in [3.8, 4) is 22.5 Å². The van der Waals surface area contributed by atoms with Crippen molar-refractivity contribution in [1.82, 2.24) is 25.1 Å². The highest BCUT2D eigenvalue weighted by Crippen LogP contribution is 2.28. The van der Waals surface area contributed by atoms with Gasteiger partial charge >= 0.3 is 6.09 Å². The highest BCUT2D eigenvalue weighted by molar-refractivity contribution is 5.86. The van der Waals surface area contributed by atoms with Crippen LogP contribution in [0.2, 0.25) is 0 Å². The molecule has 2 aromatic carbocycles. The van der Waals surface area contributed by atoms with Gasteiger partial charge in [0.2, 0.25) is 0 Å². The van der Waals surface area contributed by atoms with E-state index in [2.05, 4.69) is 66.2 Å². The first-order valence-electron chi connectivity index (χ1n) is 15.2. The van der Waals surface area contributed by atoms with Crippen molar-refractivity contribution in [2.75, 3.05) is 35.7 Å². The summed E-state index contributed by atoms with van der Waals surface area (Å²) in [6.45, 7) is 2.06. The first-order valence-corrected chi connectivity index (χ1v) is 15.2. The molecule has 1 aliphatic heterocycles. The molecule has 3 atom stereocenters. The summed E-state index contributed by atoms with van der Waals surface area (Å²) in [4.78, 5) is 23.2. The minimum absolute atomic E-state index is 0.310. The fourth-order valence-corrected chi connectivity index (χ4v) is 6.27. The zero-order valence-corrected chi connectivity index (χ0v) is 24.9. The largest absolute Gasteiger partial charge is 0.453 e. The smallest absolute Gasteiger partial charge is 0.411 e. The van der Waals surface area contributed by atoms with Crippen molar-refractivity contribution in [1.29, 1.82) is 0 Å². The number of amides is 1. The maximum absolute atomic E-state index is 11.7. The number of carbonyl (C=O) groups is 1. The molecular weight excluding hydrogens is 540 g/mol. The van der Waals surface area contributed by atoms with Crippen LogP contribution >= 0.6 is 0 Å². The van der Waals surface area contributed by atoms with Crippen molar-refractivity contribution in [2.45, 2.75) is 56.7 Å². The molecular formula is C33H40N8O2. The van der Waals surface area contributed by atoms with Gasteiger partial charge in [0.05, 0.1) is 7.11 Å². The van der Waals surface area contributed by atoms with E-state index in [1.165, 1.54) is 38.5 Å². The van der Waals surface area contributed by atoms with Gasteiger partial charge in [0.1, 0.15) is 12.1 Å². The zero-order valence-electron chi connectivity index (χ0n) is 24.9. The Labute approximate surface area is 252 Å². The van der Waals surface area contributed by atoms with Gasteiger partial charge in [-0.1, -0.05) is 25.0 Å². The Bertz CT molecular complexity index is 1520. The highest BCUT2D eigenvalue weighted by atomic mass is 16.5. The number of methoxy groups -OCH3 is 1. The number of carbonyl (C=O) groups excluding carboxylic acids is 1. The molecule has 2 aromatic heterocycles. The van der Waals surface area contributed by atoms with Gasteiger partial charge < -0.3 is 20.3 Å². The summed E-state index contributed by atoms with van der Waals surface area (Å²) in [7, 11) is 3.25. The number of rotatable bonds is 8. The van der Waals surface area contributed by atoms with E-state index in [1.54, 1.807) is 11.0 Å². The molecule has 0 spiro atoms. The lowest BCUT2D eigenvalue weighted by Crippen LogP contribution is -2.54. The van der Waals surface area contributed by atoms with E-state index in [4.69, 9.17) is 4.74 Å². The SMILES string of the molecule is COC(=O)Nc1cccc(-c2ccnc(N[C@@H]3CCCC[C@H]3N[C@H]3CCCN(c4ccc(-c5ncn(C)n5)cc4)C3)c2)c1. The molecule has 1 aliphatic carbocycles. The van der Waals surface area contributed by atoms with Crippen LogP contribution in [0.3, 0.4) is 0 Å². The number of ether oxygens (including phenoxy) is 1. The highest BCUT2D eigenvalue weighted by Gasteiger charge is 2.29. The normalized spacial score (nSPS) is 20.4. The molecule has 1 saturated heterocycles. The molecule has 10 heteroatoms. The predicted molar refractivity (Wildman–Crippen MR) is 170 cm³/mol. The van der Waals surface area contributed by atoms with Crippen LogP contribution in [0.15, 0.2) is 73.2 Å². The topological polar surface area (TPSA) is 109 Å². The predicted octanol–water partition coefficient (Wildman–Crippen LogP) is 5.70. The summed E-state index contributed by atoms with van der Waals surface area (Å²) in [5, 5.41) is 15.0. The van der Waals surface area contributed by atoms with Crippen LogP contribution in [0.25, 0.3) is 22.5 Å². The average molecular weight is 581 g/mol. The molecule has 0 unspecified atom stereocenters. The summed E-state index contributed by atoms with van der Waals surface area (Å²) < 4.78 is 6.46. The van der Waals surface area contributed by atoms with Gasteiger partial charge in [-0.05, 0) is 85.3 Å². The van der Waals surface area contributed by atoms with Crippen LogP contribution in [-0.2, 0) is 11.8 Å². The third-order valence-electron chi connectivity index (χ3n) is 8.45. The van der Waals surface area contributed by atoms with Crippen molar-refractivity contribution in [3.63, 3.8) is 0 Å². The summed E-state index contributed by atoms with van der Waals surface area (Å²) in [6, 6.07) is 21.6. The molecule has 43 heavy (non-hydrogen) atoms. The van der Waals surface area contributed by atoms with E-state index in [-0.39, 0.29) is 0 Å². The van der Waals surface area contributed by atoms with E-state index in [0.717, 1.165) is 54.3 Å². The number of anilines is 3. The first kappa shape index (κ1) is 28.7. The number of pyridine rings is 1. The fraction of sp³-hybridized carbons (Fsp3) is 0.394. The van der Waals surface area contributed by atoms with Gasteiger partial charge in [0, 0.05) is 61.4 Å². The van der Waals surface area contributed by atoms with Crippen LogP contribution in [0, 0.1) is 0 Å². The van der Waals surface area contributed by atoms with Gasteiger partial charge in [0.15, 0.2) is 5.82 Å². The summed E-state index contributed by atoms with van der Waals surface area (Å²) in [5.41, 5.74) is 5.02. The minimum Gasteiger partial charge on any atom is -0.453 e. The monoisotopic (exact) mass is 580 g/mol. The minimum atomic E-state index is -0.484. The molecule has 2 aliphatic rings. The van der Waals surface area contributed by atoms with Gasteiger partial charge in [-0.15, -0.1) is 0 Å². The quantitative estimate of drug-likeness (QED) is 0.243. The van der Waals surface area contributed by atoms with Gasteiger partial charge in [-0.2, -0.15) is 5.10 Å². The van der Waals surface area contributed by atoms with E-state index >= 15 is 0 Å². The summed E-state index contributed by atoms with van der Waals surface area (Å²) in [6.07, 6.45) is 10.2. The molecule has 0 bridgehead atoms. The number of hydrogen-bond acceptors (Lipinski definition) is 8. The lowest BCUT2D eigenvalue weighted by molar-refractivity contribution is 0.187. The Balaban J connectivity index is 1.09. The van der Waals surface area contributed by atoms with Crippen molar-refractivity contribution < 1.29 is 9.53 Å². The van der Waals surface area contributed by atoms with E-state index in [9.17, 15) is 4.79 Å². The van der Waals surface area contributed by atoms with Crippen LogP contribution in [0.4, 0.5) is 22.0 Å².